The number of anilines is 1. The average Bonchev–Trinajstić information content (AvgIpc) is 2.80. The van der Waals surface area contributed by atoms with E-state index < -0.39 is 26.2 Å². The molecule has 1 atom stereocenters. The summed E-state index contributed by atoms with van der Waals surface area (Å²) >= 11 is 3.23. The molecule has 1 aromatic rings. The predicted octanol–water partition coefficient (Wildman–Crippen LogP) is 1.91. The maximum absolute atomic E-state index is 12.0. The fraction of sp³-hybridized carbons (Fsp3) is 0.333. The number of hydrogen-bond donors (Lipinski definition) is 0. The van der Waals surface area contributed by atoms with Crippen LogP contribution >= 0.6 is 26.6 Å². The van der Waals surface area contributed by atoms with E-state index in [0.717, 1.165) is 0 Å². The zero-order valence-electron chi connectivity index (χ0n) is 10.9. The van der Waals surface area contributed by atoms with E-state index in [9.17, 15) is 18.0 Å². The lowest BCUT2D eigenvalue weighted by molar-refractivity contribution is -0.117. The van der Waals surface area contributed by atoms with Crippen molar-refractivity contribution in [3.63, 3.8) is 0 Å². The number of esters is 1. The summed E-state index contributed by atoms with van der Waals surface area (Å²) in [5.74, 6) is -1.02. The molecule has 1 saturated heterocycles. The quantitative estimate of drug-likeness (QED) is 0.576. The zero-order chi connectivity index (χ0) is 15.8. The molecule has 6 nitrogen and oxygen atoms in total. The van der Waals surface area contributed by atoms with Crippen LogP contribution in [0.3, 0.4) is 0 Å². The van der Waals surface area contributed by atoms with Crippen LogP contribution in [0.5, 0.6) is 0 Å². The molecule has 1 unspecified atom stereocenters. The Bertz CT molecular complexity index is 706. The van der Waals surface area contributed by atoms with Crippen LogP contribution in [-0.2, 0) is 18.6 Å². The van der Waals surface area contributed by atoms with Crippen molar-refractivity contribution < 1.29 is 22.7 Å². The Morgan fingerprint density at radius 2 is 2.14 bits per heavy atom. The standard InChI is InChI=1S/C12H11BrClNO5S/c1-20-12(17)9-4-7(13)2-3-10(9)15-6-8(5-11(15)16)21(14,18)19/h2-4,8H,5-6H2,1H3. The molecule has 0 bridgehead atoms. The van der Waals surface area contributed by atoms with Crippen LogP contribution in [0.4, 0.5) is 5.69 Å². The molecule has 0 aromatic heterocycles. The molecule has 0 radical (unpaired) electrons. The summed E-state index contributed by atoms with van der Waals surface area (Å²) in [4.78, 5) is 25.1. The maximum Gasteiger partial charge on any atom is 0.340 e. The third-order valence-electron chi connectivity index (χ3n) is 3.14. The lowest BCUT2D eigenvalue weighted by Crippen LogP contribution is -2.28. The van der Waals surface area contributed by atoms with Gasteiger partial charge < -0.3 is 9.64 Å². The van der Waals surface area contributed by atoms with Crippen LogP contribution in [0.1, 0.15) is 16.8 Å². The average molecular weight is 397 g/mol. The number of rotatable bonds is 3. The number of amides is 1. The van der Waals surface area contributed by atoms with Gasteiger partial charge in [0.05, 0.1) is 18.4 Å². The summed E-state index contributed by atoms with van der Waals surface area (Å²) in [6, 6.07) is 4.71. The minimum absolute atomic E-state index is 0.0870. The lowest BCUT2D eigenvalue weighted by atomic mass is 10.1. The Morgan fingerprint density at radius 3 is 2.67 bits per heavy atom. The molecule has 1 amide bonds. The summed E-state index contributed by atoms with van der Waals surface area (Å²) in [5, 5.41) is -0.985. The Balaban J connectivity index is 2.43. The Labute approximate surface area is 134 Å². The monoisotopic (exact) mass is 395 g/mol. The molecule has 1 aliphatic heterocycles. The number of carbonyl (C=O) groups is 2. The molecule has 1 fully saturated rings. The first-order valence-corrected chi connectivity index (χ1v) is 9.02. The van der Waals surface area contributed by atoms with Crippen LogP contribution < -0.4 is 4.90 Å². The molecule has 0 aliphatic carbocycles. The summed E-state index contributed by atoms with van der Waals surface area (Å²) in [5.41, 5.74) is 0.478. The predicted molar refractivity (Wildman–Crippen MR) is 81.0 cm³/mol. The largest absolute Gasteiger partial charge is 0.465 e. The highest BCUT2D eigenvalue weighted by Crippen LogP contribution is 2.31. The smallest absolute Gasteiger partial charge is 0.340 e. The van der Waals surface area contributed by atoms with Gasteiger partial charge in [-0.2, -0.15) is 0 Å². The van der Waals surface area contributed by atoms with Crippen molar-refractivity contribution in [3.05, 3.63) is 28.2 Å². The molecule has 1 aromatic carbocycles. The Hall–Kier alpha value is -1.12. The highest BCUT2D eigenvalue weighted by Gasteiger charge is 2.39. The number of carbonyl (C=O) groups excluding carboxylic acids is 2. The van der Waals surface area contributed by atoms with Gasteiger partial charge in [0.25, 0.3) is 0 Å². The summed E-state index contributed by atoms with van der Waals surface area (Å²) in [6.07, 6.45) is -0.206. The minimum atomic E-state index is -3.84. The first-order chi connectivity index (χ1) is 9.74. The second-order valence-electron chi connectivity index (χ2n) is 4.46. The highest BCUT2D eigenvalue weighted by atomic mass is 79.9. The number of ether oxygens (including phenoxy) is 1. The second-order valence-corrected chi connectivity index (χ2v) is 8.28. The molecule has 1 aliphatic rings. The minimum Gasteiger partial charge on any atom is -0.465 e. The van der Waals surface area contributed by atoms with Crippen LogP contribution in [0.25, 0.3) is 0 Å². The first kappa shape index (κ1) is 16.3. The van der Waals surface area contributed by atoms with Crippen LogP contribution in [0.2, 0.25) is 0 Å². The first-order valence-electron chi connectivity index (χ1n) is 5.85. The summed E-state index contributed by atoms with van der Waals surface area (Å²) < 4.78 is 28.1. The third kappa shape index (κ3) is 3.38. The molecular formula is C12H11BrClNO5S. The fourth-order valence-electron chi connectivity index (χ4n) is 2.11. The normalized spacial score (nSPS) is 18.9. The number of nitrogens with zero attached hydrogens (tertiary/aromatic N) is 1. The molecule has 9 heteroatoms. The molecular weight excluding hydrogens is 386 g/mol. The van der Waals surface area contributed by atoms with Gasteiger partial charge in [0, 0.05) is 28.1 Å². The molecule has 1 heterocycles. The van der Waals surface area contributed by atoms with E-state index in [-0.39, 0.29) is 18.5 Å². The fourth-order valence-corrected chi connectivity index (χ4v) is 3.50. The van der Waals surface area contributed by atoms with Crippen LogP contribution in [0.15, 0.2) is 22.7 Å². The van der Waals surface area contributed by atoms with Gasteiger partial charge in [-0.3, -0.25) is 4.79 Å². The third-order valence-corrected chi connectivity index (χ3v) is 5.50. The van der Waals surface area contributed by atoms with E-state index in [1.807, 2.05) is 0 Å². The van der Waals surface area contributed by atoms with Crippen molar-refractivity contribution in [3.8, 4) is 0 Å². The maximum atomic E-state index is 12.0. The van der Waals surface area contributed by atoms with Crippen molar-refractivity contribution in [2.45, 2.75) is 11.7 Å². The highest BCUT2D eigenvalue weighted by molar-refractivity contribution is 9.10. The lowest BCUT2D eigenvalue weighted by Gasteiger charge is -2.19. The zero-order valence-corrected chi connectivity index (χ0v) is 14.0. The number of halogens is 2. The van der Waals surface area contributed by atoms with Gasteiger partial charge in [-0.1, -0.05) is 15.9 Å². The van der Waals surface area contributed by atoms with Gasteiger partial charge in [0.2, 0.25) is 15.0 Å². The van der Waals surface area contributed by atoms with Gasteiger partial charge >= 0.3 is 5.97 Å². The topological polar surface area (TPSA) is 80.8 Å². The summed E-state index contributed by atoms with van der Waals surface area (Å²) in [7, 11) is 2.69. The Kier molecular flexibility index (Phi) is 4.60. The van der Waals surface area contributed by atoms with E-state index >= 15 is 0 Å². The van der Waals surface area contributed by atoms with Crippen molar-refractivity contribution in [1.82, 2.24) is 0 Å². The van der Waals surface area contributed by atoms with E-state index in [1.54, 1.807) is 12.1 Å². The van der Waals surface area contributed by atoms with E-state index in [0.29, 0.717) is 10.2 Å². The van der Waals surface area contributed by atoms with Crippen molar-refractivity contribution >= 4 is 53.2 Å². The number of benzene rings is 1. The second kappa shape index (κ2) is 5.94. The molecule has 2 rings (SSSR count). The van der Waals surface area contributed by atoms with Gasteiger partial charge in [-0.25, -0.2) is 13.2 Å². The van der Waals surface area contributed by atoms with Gasteiger partial charge in [-0.15, -0.1) is 0 Å². The van der Waals surface area contributed by atoms with Crippen LogP contribution in [0, 0.1) is 0 Å². The Morgan fingerprint density at radius 1 is 1.48 bits per heavy atom. The molecule has 0 spiro atoms. The van der Waals surface area contributed by atoms with Crippen molar-refractivity contribution in [2.24, 2.45) is 0 Å². The molecule has 114 valence electrons. The van der Waals surface area contributed by atoms with E-state index in [4.69, 9.17) is 10.7 Å². The molecule has 0 saturated carbocycles. The number of hydrogen-bond acceptors (Lipinski definition) is 5. The SMILES string of the molecule is COC(=O)c1cc(Br)ccc1N1CC(S(=O)(=O)Cl)CC1=O. The number of methoxy groups -OCH3 is 1. The van der Waals surface area contributed by atoms with Gasteiger partial charge in [0.15, 0.2) is 0 Å². The molecule has 21 heavy (non-hydrogen) atoms. The van der Waals surface area contributed by atoms with E-state index in [1.165, 1.54) is 18.1 Å². The van der Waals surface area contributed by atoms with Crippen molar-refractivity contribution in [1.29, 1.82) is 0 Å². The van der Waals surface area contributed by atoms with Crippen molar-refractivity contribution in [2.75, 3.05) is 18.6 Å². The van der Waals surface area contributed by atoms with Gasteiger partial charge in [-0.05, 0) is 18.2 Å². The summed E-state index contributed by atoms with van der Waals surface area (Å²) in [6.45, 7) is -0.0870. The van der Waals surface area contributed by atoms with E-state index in [2.05, 4.69) is 20.7 Å². The van der Waals surface area contributed by atoms with Gasteiger partial charge in [0.1, 0.15) is 5.25 Å². The van der Waals surface area contributed by atoms with Crippen LogP contribution in [-0.4, -0.2) is 39.2 Å². The molecule has 0 N–H and O–H groups in total.